The Morgan fingerprint density at radius 1 is 1.00 bits per heavy atom. The molecule has 0 aliphatic heterocycles. The lowest BCUT2D eigenvalue weighted by Crippen LogP contribution is -1.85. The van der Waals surface area contributed by atoms with Crippen molar-refractivity contribution in [3.05, 3.63) is 56.8 Å². The first kappa shape index (κ1) is 15.3. The summed E-state index contributed by atoms with van der Waals surface area (Å²) in [5, 5.41) is 9.61. The SMILES string of the molecule is Cc1nc2c(C)cccn2c1N=Nc1cc(Cl)c(Cl)cc1Cl. The molecular formula is C15H11Cl3N4. The van der Waals surface area contributed by atoms with Crippen molar-refractivity contribution in [2.75, 3.05) is 0 Å². The van der Waals surface area contributed by atoms with E-state index in [0.29, 0.717) is 26.6 Å². The number of aromatic nitrogens is 2. The van der Waals surface area contributed by atoms with Crippen LogP contribution < -0.4 is 0 Å². The molecule has 3 rings (SSSR count). The lowest BCUT2D eigenvalue weighted by Gasteiger charge is -2.01. The van der Waals surface area contributed by atoms with Crippen LogP contribution in [-0.4, -0.2) is 9.38 Å². The number of halogens is 3. The van der Waals surface area contributed by atoms with E-state index in [1.807, 2.05) is 36.6 Å². The Kier molecular flexibility index (Phi) is 4.08. The third-order valence-electron chi connectivity index (χ3n) is 3.23. The fraction of sp³-hybridized carbons (Fsp3) is 0.133. The molecule has 2 heterocycles. The van der Waals surface area contributed by atoms with Gasteiger partial charge >= 0.3 is 0 Å². The van der Waals surface area contributed by atoms with Gasteiger partial charge in [0.1, 0.15) is 11.3 Å². The average Bonchev–Trinajstić information content (AvgIpc) is 2.79. The summed E-state index contributed by atoms with van der Waals surface area (Å²) < 4.78 is 1.89. The molecule has 0 bridgehead atoms. The zero-order valence-corrected chi connectivity index (χ0v) is 14.1. The Morgan fingerprint density at radius 3 is 2.50 bits per heavy atom. The number of azo groups is 1. The molecule has 2 aromatic heterocycles. The molecule has 7 heteroatoms. The van der Waals surface area contributed by atoms with Crippen molar-refractivity contribution in [1.82, 2.24) is 9.38 Å². The number of imidazole rings is 1. The Hall–Kier alpha value is -1.62. The number of hydrogen-bond donors (Lipinski definition) is 0. The van der Waals surface area contributed by atoms with Crippen LogP contribution in [0.1, 0.15) is 11.3 Å². The maximum Gasteiger partial charge on any atom is 0.182 e. The van der Waals surface area contributed by atoms with E-state index in [2.05, 4.69) is 15.2 Å². The minimum absolute atomic E-state index is 0.380. The molecule has 0 saturated carbocycles. The zero-order chi connectivity index (χ0) is 15.9. The number of pyridine rings is 1. The molecule has 0 radical (unpaired) electrons. The first-order chi connectivity index (χ1) is 10.5. The van der Waals surface area contributed by atoms with E-state index < -0.39 is 0 Å². The van der Waals surface area contributed by atoms with Crippen LogP contribution in [0.15, 0.2) is 40.7 Å². The molecular weight excluding hydrogens is 343 g/mol. The summed E-state index contributed by atoms with van der Waals surface area (Å²) in [6, 6.07) is 7.07. The highest BCUT2D eigenvalue weighted by Crippen LogP contribution is 2.35. The predicted octanol–water partition coefficient (Wildman–Crippen LogP) is 6.33. The van der Waals surface area contributed by atoms with Crippen molar-refractivity contribution in [2.45, 2.75) is 13.8 Å². The van der Waals surface area contributed by atoms with Crippen molar-refractivity contribution in [1.29, 1.82) is 0 Å². The molecule has 1 aromatic carbocycles. The molecule has 0 saturated heterocycles. The fourth-order valence-electron chi connectivity index (χ4n) is 2.12. The van der Waals surface area contributed by atoms with Crippen LogP contribution >= 0.6 is 34.8 Å². The molecule has 0 spiro atoms. The third kappa shape index (κ3) is 2.70. The molecule has 0 aliphatic carbocycles. The number of fused-ring (bicyclic) bond motifs is 1. The molecule has 0 atom stereocenters. The van der Waals surface area contributed by atoms with Crippen LogP contribution in [0.3, 0.4) is 0 Å². The summed E-state index contributed by atoms with van der Waals surface area (Å²) in [7, 11) is 0. The van der Waals surface area contributed by atoms with Gasteiger partial charge in [0.2, 0.25) is 0 Å². The van der Waals surface area contributed by atoms with E-state index in [9.17, 15) is 0 Å². The summed E-state index contributed by atoms with van der Waals surface area (Å²) in [6.07, 6.45) is 1.90. The van der Waals surface area contributed by atoms with E-state index >= 15 is 0 Å². The highest BCUT2D eigenvalue weighted by Gasteiger charge is 2.10. The van der Waals surface area contributed by atoms with Gasteiger partial charge in [-0.05, 0) is 37.6 Å². The minimum Gasteiger partial charge on any atom is -0.283 e. The average molecular weight is 354 g/mol. The highest BCUT2D eigenvalue weighted by atomic mass is 35.5. The Bertz CT molecular complexity index is 899. The van der Waals surface area contributed by atoms with Crippen LogP contribution in [0, 0.1) is 13.8 Å². The van der Waals surface area contributed by atoms with E-state index in [0.717, 1.165) is 16.9 Å². The Morgan fingerprint density at radius 2 is 1.73 bits per heavy atom. The van der Waals surface area contributed by atoms with Crippen LogP contribution in [0.4, 0.5) is 11.5 Å². The van der Waals surface area contributed by atoms with Crippen LogP contribution in [0.2, 0.25) is 15.1 Å². The maximum absolute atomic E-state index is 6.11. The van der Waals surface area contributed by atoms with Gasteiger partial charge in [-0.2, -0.15) is 0 Å². The highest BCUT2D eigenvalue weighted by molar-refractivity contribution is 6.43. The molecule has 4 nitrogen and oxygen atoms in total. The molecule has 0 N–H and O–H groups in total. The van der Waals surface area contributed by atoms with Crippen LogP contribution in [0.5, 0.6) is 0 Å². The molecule has 0 unspecified atom stereocenters. The van der Waals surface area contributed by atoms with Gasteiger partial charge in [0.15, 0.2) is 5.82 Å². The minimum atomic E-state index is 0.380. The van der Waals surface area contributed by atoms with Crippen molar-refractivity contribution in [2.24, 2.45) is 10.2 Å². The zero-order valence-electron chi connectivity index (χ0n) is 11.8. The fourth-order valence-corrected chi connectivity index (χ4v) is 2.69. The number of rotatable bonds is 2. The predicted molar refractivity (Wildman–Crippen MR) is 90.3 cm³/mol. The summed E-state index contributed by atoms with van der Waals surface area (Å²) in [5.74, 6) is 0.654. The van der Waals surface area contributed by atoms with Gasteiger partial charge in [-0.1, -0.05) is 40.9 Å². The van der Waals surface area contributed by atoms with Gasteiger partial charge in [-0.3, -0.25) is 4.40 Å². The van der Waals surface area contributed by atoms with Gasteiger partial charge in [-0.25, -0.2) is 4.98 Å². The van der Waals surface area contributed by atoms with Gasteiger partial charge in [0.25, 0.3) is 0 Å². The monoisotopic (exact) mass is 352 g/mol. The standard InChI is InChI=1S/C15H11Cl3N4/c1-8-4-3-5-22-14(8)19-9(2)15(22)21-20-13-7-11(17)10(16)6-12(13)18/h3-7H,1-2H3. The Balaban J connectivity index is 2.09. The molecule has 0 fully saturated rings. The molecule has 22 heavy (non-hydrogen) atoms. The lowest BCUT2D eigenvalue weighted by atomic mass is 10.3. The first-order valence-electron chi connectivity index (χ1n) is 6.48. The van der Waals surface area contributed by atoms with E-state index in [-0.39, 0.29) is 0 Å². The number of hydrogen-bond acceptors (Lipinski definition) is 3. The van der Waals surface area contributed by atoms with Gasteiger partial charge in [0.05, 0.1) is 20.8 Å². The summed E-state index contributed by atoms with van der Waals surface area (Å²) in [4.78, 5) is 4.51. The second-order valence-corrected chi connectivity index (χ2v) is 6.04. The van der Waals surface area contributed by atoms with E-state index in [1.165, 1.54) is 0 Å². The summed E-state index contributed by atoms with van der Waals surface area (Å²) >= 11 is 18.0. The lowest BCUT2D eigenvalue weighted by molar-refractivity contribution is 1.09. The van der Waals surface area contributed by atoms with Crippen molar-refractivity contribution in [3.8, 4) is 0 Å². The second-order valence-electron chi connectivity index (χ2n) is 4.82. The summed E-state index contributed by atoms with van der Waals surface area (Å²) in [6.45, 7) is 3.88. The van der Waals surface area contributed by atoms with Gasteiger partial charge in [0, 0.05) is 6.20 Å². The third-order valence-corrected chi connectivity index (χ3v) is 4.25. The largest absolute Gasteiger partial charge is 0.283 e. The molecule has 0 aliphatic rings. The Labute approximate surface area is 142 Å². The van der Waals surface area contributed by atoms with Gasteiger partial charge < -0.3 is 0 Å². The number of nitrogens with zero attached hydrogens (tertiary/aromatic N) is 4. The first-order valence-corrected chi connectivity index (χ1v) is 7.61. The summed E-state index contributed by atoms with van der Waals surface area (Å²) in [5.41, 5.74) is 3.17. The number of benzene rings is 1. The topological polar surface area (TPSA) is 42.0 Å². The number of aryl methyl sites for hydroxylation is 2. The quantitative estimate of drug-likeness (QED) is 0.392. The normalized spacial score (nSPS) is 11.7. The molecule has 0 amide bonds. The van der Waals surface area contributed by atoms with Crippen LogP contribution in [0.25, 0.3) is 5.65 Å². The van der Waals surface area contributed by atoms with Crippen LogP contribution in [-0.2, 0) is 0 Å². The van der Waals surface area contributed by atoms with E-state index in [4.69, 9.17) is 34.8 Å². The smallest absolute Gasteiger partial charge is 0.182 e. The van der Waals surface area contributed by atoms with Gasteiger partial charge in [-0.15, -0.1) is 10.2 Å². The van der Waals surface area contributed by atoms with E-state index in [1.54, 1.807) is 12.1 Å². The van der Waals surface area contributed by atoms with Crippen molar-refractivity contribution in [3.63, 3.8) is 0 Å². The maximum atomic E-state index is 6.11. The molecule has 112 valence electrons. The van der Waals surface area contributed by atoms with Crippen molar-refractivity contribution < 1.29 is 0 Å². The second kappa shape index (κ2) is 5.88. The molecule has 3 aromatic rings. The van der Waals surface area contributed by atoms with Crippen molar-refractivity contribution >= 4 is 52.0 Å².